The maximum Gasteiger partial charge on any atom is 0.0806 e. The van der Waals surface area contributed by atoms with E-state index in [1.165, 1.54) is 5.56 Å². The summed E-state index contributed by atoms with van der Waals surface area (Å²) in [5, 5.41) is 9.31. The van der Waals surface area contributed by atoms with Crippen molar-refractivity contribution in [3.8, 4) is 0 Å². The normalized spacial score (nSPS) is 17.1. The Morgan fingerprint density at radius 1 is 1.13 bits per heavy atom. The molecular formula is C13H20O2. The van der Waals surface area contributed by atoms with Gasteiger partial charge in [-0.3, -0.25) is 0 Å². The van der Waals surface area contributed by atoms with E-state index in [0.717, 1.165) is 6.42 Å². The molecule has 1 aromatic carbocycles. The molecule has 0 saturated carbocycles. The molecule has 84 valence electrons. The summed E-state index contributed by atoms with van der Waals surface area (Å²) < 4.78 is 5.67. The van der Waals surface area contributed by atoms with E-state index in [0.29, 0.717) is 0 Å². The lowest BCUT2D eigenvalue weighted by atomic mass is 10.1. The van der Waals surface area contributed by atoms with Crippen LogP contribution >= 0.6 is 0 Å². The molecule has 0 spiro atoms. The summed E-state index contributed by atoms with van der Waals surface area (Å²) in [6.07, 6.45) is 0.502. The van der Waals surface area contributed by atoms with Gasteiger partial charge in [0.05, 0.1) is 18.3 Å². The van der Waals surface area contributed by atoms with E-state index in [2.05, 4.69) is 12.1 Å². The van der Waals surface area contributed by atoms with Crippen LogP contribution in [0.5, 0.6) is 0 Å². The summed E-state index contributed by atoms with van der Waals surface area (Å²) in [6, 6.07) is 10.2. The highest BCUT2D eigenvalue weighted by molar-refractivity contribution is 5.15. The van der Waals surface area contributed by atoms with Crippen LogP contribution < -0.4 is 0 Å². The fourth-order valence-corrected chi connectivity index (χ4v) is 1.47. The summed E-state index contributed by atoms with van der Waals surface area (Å²) in [5.74, 6) is 0. The highest BCUT2D eigenvalue weighted by Gasteiger charge is 2.13. The van der Waals surface area contributed by atoms with Crippen LogP contribution in [0.15, 0.2) is 30.3 Å². The Balaban J connectivity index is 2.39. The fourth-order valence-electron chi connectivity index (χ4n) is 1.47. The largest absolute Gasteiger partial charge is 0.391 e. The van der Waals surface area contributed by atoms with Crippen LogP contribution in [0.25, 0.3) is 0 Å². The molecule has 0 bridgehead atoms. The molecule has 1 N–H and O–H groups in total. The van der Waals surface area contributed by atoms with Crippen molar-refractivity contribution in [1.82, 2.24) is 0 Å². The summed E-state index contributed by atoms with van der Waals surface area (Å²) in [6.45, 7) is 5.68. The zero-order valence-electron chi connectivity index (χ0n) is 9.68. The van der Waals surface area contributed by atoms with Crippen molar-refractivity contribution in [2.24, 2.45) is 0 Å². The van der Waals surface area contributed by atoms with Crippen molar-refractivity contribution >= 4 is 0 Å². The summed E-state index contributed by atoms with van der Waals surface area (Å²) in [7, 11) is 0. The van der Waals surface area contributed by atoms with Crippen molar-refractivity contribution in [3.63, 3.8) is 0 Å². The molecule has 0 heterocycles. The van der Waals surface area contributed by atoms with Crippen LogP contribution in [0, 0.1) is 0 Å². The Morgan fingerprint density at radius 2 is 1.73 bits per heavy atom. The third kappa shape index (κ3) is 4.45. The molecule has 3 unspecified atom stereocenters. The molecule has 0 aliphatic carbocycles. The Labute approximate surface area is 91.9 Å². The molecule has 0 saturated heterocycles. The molecule has 1 rings (SSSR count). The summed E-state index contributed by atoms with van der Waals surface area (Å²) in [4.78, 5) is 0. The average Bonchev–Trinajstić information content (AvgIpc) is 2.18. The predicted octanol–water partition coefficient (Wildman–Crippen LogP) is 2.40. The first-order valence-corrected chi connectivity index (χ1v) is 5.47. The predicted molar refractivity (Wildman–Crippen MR) is 61.8 cm³/mol. The van der Waals surface area contributed by atoms with Crippen molar-refractivity contribution in [2.75, 3.05) is 0 Å². The van der Waals surface area contributed by atoms with Gasteiger partial charge in [0, 0.05) is 0 Å². The molecule has 0 aliphatic heterocycles. The second-order valence-corrected chi connectivity index (χ2v) is 4.08. The lowest BCUT2D eigenvalue weighted by Crippen LogP contribution is -2.28. The average molecular weight is 208 g/mol. The maximum absolute atomic E-state index is 9.31. The molecule has 2 heteroatoms. The number of aliphatic hydroxyl groups is 1. The third-order valence-corrected chi connectivity index (χ3v) is 2.49. The van der Waals surface area contributed by atoms with Gasteiger partial charge in [0.25, 0.3) is 0 Å². The number of hydrogen-bond acceptors (Lipinski definition) is 2. The zero-order chi connectivity index (χ0) is 11.3. The van der Waals surface area contributed by atoms with Crippen molar-refractivity contribution < 1.29 is 9.84 Å². The van der Waals surface area contributed by atoms with E-state index in [1.807, 2.05) is 32.0 Å². The number of ether oxygens (including phenoxy) is 1. The van der Waals surface area contributed by atoms with E-state index >= 15 is 0 Å². The molecule has 0 amide bonds. The number of benzene rings is 1. The Bertz CT molecular complexity index is 269. The lowest BCUT2D eigenvalue weighted by molar-refractivity contribution is -0.0538. The van der Waals surface area contributed by atoms with Crippen LogP contribution in [0.1, 0.15) is 26.3 Å². The van der Waals surface area contributed by atoms with Gasteiger partial charge in [-0.1, -0.05) is 30.3 Å². The highest BCUT2D eigenvalue weighted by atomic mass is 16.5. The first-order valence-electron chi connectivity index (χ1n) is 5.47. The molecule has 0 radical (unpaired) electrons. The van der Waals surface area contributed by atoms with Gasteiger partial charge in [-0.05, 0) is 32.8 Å². The lowest BCUT2D eigenvalue weighted by Gasteiger charge is -2.21. The smallest absolute Gasteiger partial charge is 0.0806 e. The molecule has 1 aromatic rings. The van der Waals surface area contributed by atoms with E-state index in [1.54, 1.807) is 6.92 Å². The third-order valence-electron chi connectivity index (χ3n) is 2.49. The maximum atomic E-state index is 9.31. The minimum Gasteiger partial charge on any atom is -0.391 e. The molecule has 2 nitrogen and oxygen atoms in total. The topological polar surface area (TPSA) is 29.5 Å². The van der Waals surface area contributed by atoms with Gasteiger partial charge in [0.15, 0.2) is 0 Å². The van der Waals surface area contributed by atoms with Crippen LogP contribution in [0.3, 0.4) is 0 Å². The van der Waals surface area contributed by atoms with Gasteiger partial charge in [0.2, 0.25) is 0 Å². The van der Waals surface area contributed by atoms with Crippen molar-refractivity contribution in [2.45, 2.75) is 45.5 Å². The van der Waals surface area contributed by atoms with Gasteiger partial charge in [-0.15, -0.1) is 0 Å². The van der Waals surface area contributed by atoms with E-state index in [9.17, 15) is 5.11 Å². The molecule has 15 heavy (non-hydrogen) atoms. The molecule has 0 aliphatic rings. The Hall–Kier alpha value is -0.860. The Kier molecular flexibility index (Phi) is 4.79. The molecule has 0 fully saturated rings. The van der Waals surface area contributed by atoms with E-state index in [-0.39, 0.29) is 12.2 Å². The second-order valence-electron chi connectivity index (χ2n) is 4.08. The monoisotopic (exact) mass is 208 g/mol. The highest BCUT2D eigenvalue weighted by Crippen LogP contribution is 2.09. The van der Waals surface area contributed by atoms with Gasteiger partial charge in [0.1, 0.15) is 0 Å². The SMILES string of the molecule is CC(Cc1ccccc1)OC(C)C(C)O. The summed E-state index contributed by atoms with van der Waals surface area (Å²) in [5.41, 5.74) is 1.27. The first kappa shape index (κ1) is 12.2. The van der Waals surface area contributed by atoms with Gasteiger partial charge < -0.3 is 9.84 Å². The fraction of sp³-hybridized carbons (Fsp3) is 0.538. The second kappa shape index (κ2) is 5.89. The quantitative estimate of drug-likeness (QED) is 0.805. The van der Waals surface area contributed by atoms with Crippen molar-refractivity contribution in [3.05, 3.63) is 35.9 Å². The van der Waals surface area contributed by atoms with Crippen molar-refractivity contribution in [1.29, 1.82) is 0 Å². The molecule has 3 atom stereocenters. The van der Waals surface area contributed by atoms with Crippen LogP contribution in [0.4, 0.5) is 0 Å². The Morgan fingerprint density at radius 3 is 2.27 bits per heavy atom. The van der Waals surface area contributed by atoms with Crippen LogP contribution in [-0.2, 0) is 11.2 Å². The molecule has 0 aromatic heterocycles. The van der Waals surface area contributed by atoms with E-state index < -0.39 is 6.10 Å². The first-order chi connectivity index (χ1) is 7.09. The minimum absolute atomic E-state index is 0.108. The zero-order valence-corrected chi connectivity index (χ0v) is 9.68. The van der Waals surface area contributed by atoms with E-state index in [4.69, 9.17) is 4.74 Å². The summed E-state index contributed by atoms with van der Waals surface area (Å²) >= 11 is 0. The standard InChI is InChI=1S/C13H20O2/c1-10(15-12(3)11(2)14)9-13-7-5-4-6-8-13/h4-8,10-12,14H,9H2,1-3H3. The number of hydrogen-bond donors (Lipinski definition) is 1. The van der Waals surface area contributed by atoms with Gasteiger partial charge in [-0.2, -0.15) is 0 Å². The van der Waals surface area contributed by atoms with Crippen LogP contribution in [-0.4, -0.2) is 23.4 Å². The molecular weight excluding hydrogens is 188 g/mol. The van der Waals surface area contributed by atoms with Gasteiger partial charge in [-0.25, -0.2) is 0 Å². The number of rotatable bonds is 5. The minimum atomic E-state index is -0.414. The van der Waals surface area contributed by atoms with Crippen LogP contribution in [0.2, 0.25) is 0 Å². The van der Waals surface area contributed by atoms with Gasteiger partial charge >= 0.3 is 0 Å². The number of aliphatic hydroxyl groups excluding tert-OH is 1.